The zero-order chi connectivity index (χ0) is 26.5. The van der Waals surface area contributed by atoms with Gasteiger partial charge >= 0.3 is 0 Å². The van der Waals surface area contributed by atoms with E-state index >= 15 is 0 Å². The van der Waals surface area contributed by atoms with Crippen LogP contribution < -0.4 is 0 Å². The molecule has 0 bridgehead atoms. The van der Waals surface area contributed by atoms with Gasteiger partial charge in [-0.1, -0.05) is 69.7 Å². The minimum absolute atomic E-state index is 0.136. The third-order valence-electron chi connectivity index (χ3n) is 7.28. The van der Waals surface area contributed by atoms with Crippen molar-refractivity contribution in [1.29, 1.82) is 0 Å². The van der Waals surface area contributed by atoms with Crippen LogP contribution in [0.5, 0.6) is 0 Å². The van der Waals surface area contributed by atoms with E-state index in [4.69, 9.17) is 4.74 Å². The molecule has 1 amide bonds. The Labute approximate surface area is 225 Å². The SMILES string of the molecule is CCCCCc1ccc(C(=O)N(Cc2cccc(C#CCOC)c2)C2CCN(CCC(C)C)CC2)cc1. The van der Waals surface area contributed by atoms with Crippen molar-refractivity contribution in [2.24, 2.45) is 5.92 Å². The molecule has 3 rings (SSSR count). The summed E-state index contributed by atoms with van der Waals surface area (Å²) in [6.45, 7) is 11.1. The molecule has 0 N–H and O–H groups in total. The van der Waals surface area contributed by atoms with Crippen molar-refractivity contribution in [3.05, 3.63) is 70.8 Å². The Hall–Kier alpha value is -2.61. The molecule has 1 saturated heterocycles. The van der Waals surface area contributed by atoms with Crippen molar-refractivity contribution in [3.8, 4) is 11.8 Å². The molecule has 37 heavy (non-hydrogen) atoms. The smallest absolute Gasteiger partial charge is 0.254 e. The zero-order valence-electron chi connectivity index (χ0n) is 23.5. The summed E-state index contributed by atoms with van der Waals surface area (Å²) in [6.07, 6.45) is 8.03. The van der Waals surface area contributed by atoms with E-state index in [0.717, 1.165) is 61.5 Å². The Kier molecular flexibility index (Phi) is 12.2. The lowest BCUT2D eigenvalue weighted by Gasteiger charge is -2.39. The second-order valence-corrected chi connectivity index (χ2v) is 10.8. The monoisotopic (exact) mass is 502 g/mol. The molecule has 0 spiro atoms. The van der Waals surface area contributed by atoms with Gasteiger partial charge in [-0.2, -0.15) is 0 Å². The average Bonchev–Trinajstić information content (AvgIpc) is 2.91. The fourth-order valence-electron chi connectivity index (χ4n) is 4.98. The number of amides is 1. The van der Waals surface area contributed by atoms with Crippen LogP contribution >= 0.6 is 0 Å². The number of rotatable bonds is 12. The van der Waals surface area contributed by atoms with Crippen LogP contribution in [0.2, 0.25) is 0 Å². The Bertz CT molecular complexity index is 1010. The number of piperidine rings is 1. The van der Waals surface area contributed by atoms with Gasteiger partial charge in [-0.15, -0.1) is 0 Å². The van der Waals surface area contributed by atoms with E-state index in [9.17, 15) is 4.79 Å². The van der Waals surface area contributed by atoms with Crippen molar-refractivity contribution in [2.45, 2.75) is 78.3 Å². The van der Waals surface area contributed by atoms with Crippen LogP contribution in [-0.4, -0.2) is 55.1 Å². The zero-order valence-corrected chi connectivity index (χ0v) is 23.5. The Morgan fingerprint density at radius 1 is 1.08 bits per heavy atom. The fourth-order valence-corrected chi connectivity index (χ4v) is 4.98. The molecule has 2 aromatic rings. The highest BCUT2D eigenvalue weighted by Crippen LogP contribution is 2.23. The average molecular weight is 503 g/mol. The number of unbranched alkanes of at least 4 members (excludes halogenated alkanes) is 2. The molecule has 0 aromatic heterocycles. The van der Waals surface area contributed by atoms with E-state index in [-0.39, 0.29) is 11.9 Å². The lowest BCUT2D eigenvalue weighted by molar-refractivity contribution is 0.0546. The third kappa shape index (κ3) is 9.65. The molecule has 2 aromatic carbocycles. The first-order valence-electron chi connectivity index (χ1n) is 14.2. The number of benzene rings is 2. The highest BCUT2D eigenvalue weighted by atomic mass is 16.5. The van der Waals surface area contributed by atoms with Crippen molar-refractivity contribution >= 4 is 5.91 Å². The van der Waals surface area contributed by atoms with Crippen LogP contribution in [0.15, 0.2) is 48.5 Å². The number of methoxy groups -OCH3 is 1. The normalized spacial score (nSPS) is 14.4. The molecule has 1 fully saturated rings. The topological polar surface area (TPSA) is 32.8 Å². The molecule has 0 aliphatic carbocycles. The highest BCUT2D eigenvalue weighted by Gasteiger charge is 2.29. The minimum atomic E-state index is 0.136. The summed E-state index contributed by atoms with van der Waals surface area (Å²) >= 11 is 0. The lowest BCUT2D eigenvalue weighted by Crippen LogP contribution is -2.47. The van der Waals surface area contributed by atoms with Crippen molar-refractivity contribution in [1.82, 2.24) is 9.80 Å². The maximum atomic E-state index is 13.9. The van der Waals surface area contributed by atoms with Crippen molar-refractivity contribution in [3.63, 3.8) is 0 Å². The van der Waals surface area contributed by atoms with Gasteiger partial charge in [0.2, 0.25) is 0 Å². The molecule has 0 unspecified atom stereocenters. The highest BCUT2D eigenvalue weighted by molar-refractivity contribution is 5.94. The first-order valence-corrected chi connectivity index (χ1v) is 14.2. The van der Waals surface area contributed by atoms with Gasteiger partial charge in [-0.05, 0) is 80.0 Å². The Balaban J connectivity index is 1.75. The van der Waals surface area contributed by atoms with Gasteiger partial charge in [-0.3, -0.25) is 4.79 Å². The van der Waals surface area contributed by atoms with Crippen LogP contribution in [0.25, 0.3) is 0 Å². The molecule has 200 valence electrons. The molecule has 4 nitrogen and oxygen atoms in total. The minimum Gasteiger partial charge on any atom is -0.372 e. The summed E-state index contributed by atoms with van der Waals surface area (Å²) in [7, 11) is 1.65. The number of likely N-dealkylation sites (tertiary alicyclic amines) is 1. The van der Waals surface area contributed by atoms with E-state index < -0.39 is 0 Å². The number of nitrogens with zero attached hydrogens (tertiary/aromatic N) is 2. The van der Waals surface area contributed by atoms with Crippen LogP contribution in [0.1, 0.15) is 86.3 Å². The summed E-state index contributed by atoms with van der Waals surface area (Å²) in [6, 6.07) is 16.9. The Morgan fingerprint density at radius 2 is 1.84 bits per heavy atom. The number of ether oxygens (including phenoxy) is 1. The lowest BCUT2D eigenvalue weighted by atomic mass is 9.99. The number of hydrogen-bond donors (Lipinski definition) is 0. The maximum absolute atomic E-state index is 13.9. The van der Waals surface area contributed by atoms with Gasteiger partial charge in [0.05, 0.1) is 0 Å². The van der Waals surface area contributed by atoms with Gasteiger partial charge in [-0.25, -0.2) is 0 Å². The van der Waals surface area contributed by atoms with E-state index in [1.807, 2.05) is 24.3 Å². The molecular formula is C33H46N2O2. The van der Waals surface area contributed by atoms with E-state index in [1.165, 1.54) is 31.2 Å². The van der Waals surface area contributed by atoms with Crippen molar-refractivity contribution in [2.75, 3.05) is 33.4 Å². The second kappa shape index (κ2) is 15.6. The summed E-state index contributed by atoms with van der Waals surface area (Å²) in [5.74, 6) is 7.06. The van der Waals surface area contributed by atoms with Crippen LogP contribution in [0, 0.1) is 17.8 Å². The number of aryl methyl sites for hydroxylation is 1. The molecule has 0 saturated carbocycles. The maximum Gasteiger partial charge on any atom is 0.254 e. The molecule has 0 atom stereocenters. The summed E-state index contributed by atoms with van der Waals surface area (Å²) in [4.78, 5) is 18.6. The molecule has 1 aliphatic heterocycles. The standard InChI is InChI=1S/C33H46N2O2/c1-5-6-7-10-28-14-16-31(17-15-28)33(36)35(32-19-22-34(23-20-32)21-18-27(2)3)26-30-12-8-11-29(25-30)13-9-24-37-4/h8,11-12,14-17,25,27,32H,5-7,10,18-24,26H2,1-4H3. The predicted octanol–water partition coefficient (Wildman–Crippen LogP) is 6.57. The van der Waals surface area contributed by atoms with Gasteiger partial charge in [0.1, 0.15) is 6.61 Å². The first-order chi connectivity index (χ1) is 18.0. The molecule has 0 radical (unpaired) electrons. The number of hydrogen-bond acceptors (Lipinski definition) is 3. The quantitative estimate of drug-likeness (QED) is 0.243. The van der Waals surface area contributed by atoms with Crippen LogP contribution in [0.4, 0.5) is 0 Å². The Morgan fingerprint density at radius 3 is 2.51 bits per heavy atom. The number of carbonyl (C=O) groups excluding carboxylic acids is 1. The van der Waals surface area contributed by atoms with Gasteiger partial charge in [0, 0.05) is 43.9 Å². The number of carbonyl (C=O) groups is 1. The van der Waals surface area contributed by atoms with Gasteiger partial charge in [0.25, 0.3) is 5.91 Å². The van der Waals surface area contributed by atoms with Gasteiger partial charge < -0.3 is 14.5 Å². The third-order valence-corrected chi connectivity index (χ3v) is 7.28. The summed E-state index contributed by atoms with van der Waals surface area (Å²) in [5.41, 5.74) is 4.19. The largest absolute Gasteiger partial charge is 0.372 e. The second-order valence-electron chi connectivity index (χ2n) is 10.8. The van der Waals surface area contributed by atoms with E-state index in [2.05, 4.69) is 66.7 Å². The van der Waals surface area contributed by atoms with E-state index in [1.54, 1.807) is 7.11 Å². The van der Waals surface area contributed by atoms with E-state index in [0.29, 0.717) is 13.2 Å². The fraction of sp³-hybridized carbons (Fsp3) is 0.545. The molecule has 1 heterocycles. The summed E-state index contributed by atoms with van der Waals surface area (Å²) in [5, 5.41) is 0. The molecular weight excluding hydrogens is 456 g/mol. The molecule has 1 aliphatic rings. The van der Waals surface area contributed by atoms with Crippen LogP contribution in [0.3, 0.4) is 0 Å². The van der Waals surface area contributed by atoms with Gasteiger partial charge in [0.15, 0.2) is 0 Å². The summed E-state index contributed by atoms with van der Waals surface area (Å²) < 4.78 is 5.06. The van der Waals surface area contributed by atoms with Crippen LogP contribution in [-0.2, 0) is 17.7 Å². The first kappa shape index (κ1) is 29.0. The molecule has 4 heteroatoms. The van der Waals surface area contributed by atoms with Crippen molar-refractivity contribution < 1.29 is 9.53 Å². The predicted molar refractivity (Wildman–Crippen MR) is 154 cm³/mol.